The number of alkyl halides is 1. The standard InChI is InChI=1S/C27H28F2N4O2/c1-33-15-21(14-31-33)22(18-5-6-26(34-2)23(28)11-18)10-17-3-4-19-13-30-27(12-20(19)9-17)32-25-7-8-35-16-24(25)29/h3-6,9,11-15,22,24-25H,7-8,10,16H2,1-2H3,(H,30,32)/t22-,24+,25-/m0/s1. The number of benzene rings is 2. The van der Waals surface area contributed by atoms with E-state index in [0.717, 1.165) is 27.5 Å². The van der Waals surface area contributed by atoms with Gasteiger partial charge < -0.3 is 14.8 Å². The molecule has 1 aliphatic heterocycles. The first kappa shape index (κ1) is 23.2. The summed E-state index contributed by atoms with van der Waals surface area (Å²) in [6.07, 6.45) is 5.78. The van der Waals surface area contributed by atoms with E-state index >= 15 is 0 Å². The highest BCUT2D eigenvalue weighted by molar-refractivity contribution is 5.84. The van der Waals surface area contributed by atoms with E-state index in [9.17, 15) is 8.78 Å². The van der Waals surface area contributed by atoms with Crippen LogP contribution in [0.1, 0.15) is 29.0 Å². The summed E-state index contributed by atoms with van der Waals surface area (Å²) in [5, 5.41) is 9.55. The number of methoxy groups -OCH3 is 1. The summed E-state index contributed by atoms with van der Waals surface area (Å²) in [5.41, 5.74) is 2.94. The van der Waals surface area contributed by atoms with E-state index in [1.165, 1.54) is 13.2 Å². The van der Waals surface area contributed by atoms with Crippen LogP contribution in [0.4, 0.5) is 14.6 Å². The van der Waals surface area contributed by atoms with Crippen molar-refractivity contribution < 1.29 is 18.3 Å². The van der Waals surface area contributed by atoms with Gasteiger partial charge in [0.2, 0.25) is 0 Å². The lowest BCUT2D eigenvalue weighted by atomic mass is 9.87. The molecule has 0 bridgehead atoms. The first-order valence-corrected chi connectivity index (χ1v) is 11.7. The number of ether oxygens (including phenoxy) is 2. The minimum atomic E-state index is -1.06. The number of hydrogen-bond acceptors (Lipinski definition) is 5. The van der Waals surface area contributed by atoms with Gasteiger partial charge in [0.25, 0.3) is 0 Å². The summed E-state index contributed by atoms with van der Waals surface area (Å²) in [6.45, 7) is 0.647. The van der Waals surface area contributed by atoms with Crippen molar-refractivity contribution in [3.8, 4) is 5.75 Å². The number of anilines is 1. The molecule has 1 saturated heterocycles. The molecule has 0 spiro atoms. The van der Waals surface area contributed by atoms with Gasteiger partial charge in [-0.25, -0.2) is 13.8 Å². The molecule has 2 aromatic heterocycles. The Morgan fingerprint density at radius 3 is 2.77 bits per heavy atom. The summed E-state index contributed by atoms with van der Waals surface area (Å²) in [7, 11) is 3.33. The first-order chi connectivity index (χ1) is 17.0. The quantitative estimate of drug-likeness (QED) is 0.404. The maximum atomic E-state index is 14.5. The van der Waals surface area contributed by atoms with E-state index in [-0.39, 0.29) is 24.3 Å². The van der Waals surface area contributed by atoms with Gasteiger partial charge >= 0.3 is 0 Å². The maximum absolute atomic E-state index is 14.5. The van der Waals surface area contributed by atoms with Crippen LogP contribution in [0.3, 0.4) is 0 Å². The largest absolute Gasteiger partial charge is 0.494 e. The van der Waals surface area contributed by atoms with Crippen molar-refractivity contribution in [1.29, 1.82) is 0 Å². The highest BCUT2D eigenvalue weighted by atomic mass is 19.1. The Morgan fingerprint density at radius 2 is 2.03 bits per heavy atom. The Hall–Kier alpha value is -3.52. The highest BCUT2D eigenvalue weighted by Gasteiger charge is 2.25. The molecule has 0 amide bonds. The average molecular weight is 479 g/mol. The second kappa shape index (κ2) is 10.00. The maximum Gasteiger partial charge on any atom is 0.165 e. The minimum Gasteiger partial charge on any atom is -0.494 e. The van der Waals surface area contributed by atoms with E-state index in [0.29, 0.717) is 25.3 Å². The fourth-order valence-electron chi connectivity index (χ4n) is 4.64. The SMILES string of the molecule is COc1ccc([C@H](Cc2ccc3cnc(N[C@H]4CCOC[C@H]4F)cc3c2)c2cnn(C)c2)cc1F. The number of aryl methyl sites for hydroxylation is 1. The van der Waals surface area contributed by atoms with E-state index in [4.69, 9.17) is 9.47 Å². The monoisotopic (exact) mass is 478 g/mol. The molecule has 1 aliphatic rings. The fraction of sp³-hybridized carbons (Fsp3) is 0.333. The molecule has 0 aliphatic carbocycles. The third kappa shape index (κ3) is 5.12. The molecule has 3 heterocycles. The smallest absolute Gasteiger partial charge is 0.165 e. The molecule has 182 valence electrons. The molecule has 2 aromatic carbocycles. The summed E-state index contributed by atoms with van der Waals surface area (Å²) >= 11 is 0. The van der Waals surface area contributed by atoms with Crippen molar-refractivity contribution in [2.75, 3.05) is 25.6 Å². The van der Waals surface area contributed by atoms with Crippen molar-refractivity contribution in [3.63, 3.8) is 0 Å². The van der Waals surface area contributed by atoms with Crippen LogP contribution in [0.15, 0.2) is 61.1 Å². The number of aromatic nitrogens is 3. The van der Waals surface area contributed by atoms with Crippen LogP contribution >= 0.6 is 0 Å². The minimum absolute atomic E-state index is 0.0875. The molecule has 35 heavy (non-hydrogen) atoms. The summed E-state index contributed by atoms with van der Waals surface area (Å²) < 4.78 is 40.8. The van der Waals surface area contributed by atoms with Crippen LogP contribution in [-0.2, 0) is 18.2 Å². The lowest BCUT2D eigenvalue weighted by Gasteiger charge is -2.27. The van der Waals surface area contributed by atoms with Crippen LogP contribution in [-0.4, -0.2) is 47.3 Å². The molecular weight excluding hydrogens is 450 g/mol. The lowest BCUT2D eigenvalue weighted by Crippen LogP contribution is -2.39. The number of hydrogen-bond donors (Lipinski definition) is 1. The van der Waals surface area contributed by atoms with Gasteiger partial charge in [0.05, 0.1) is 26.0 Å². The van der Waals surface area contributed by atoms with Crippen LogP contribution in [0.25, 0.3) is 10.8 Å². The second-order valence-corrected chi connectivity index (χ2v) is 8.98. The predicted molar refractivity (Wildman–Crippen MR) is 131 cm³/mol. The topological polar surface area (TPSA) is 61.2 Å². The highest BCUT2D eigenvalue weighted by Crippen LogP contribution is 2.32. The second-order valence-electron chi connectivity index (χ2n) is 8.98. The van der Waals surface area contributed by atoms with Gasteiger partial charge in [0, 0.05) is 37.4 Å². The Labute approximate surface area is 202 Å². The Morgan fingerprint density at radius 1 is 1.14 bits per heavy atom. The van der Waals surface area contributed by atoms with Crippen molar-refractivity contribution in [3.05, 3.63) is 83.6 Å². The van der Waals surface area contributed by atoms with E-state index < -0.39 is 12.0 Å². The Bertz CT molecular complexity index is 1330. The first-order valence-electron chi connectivity index (χ1n) is 11.7. The van der Waals surface area contributed by atoms with E-state index in [2.05, 4.69) is 27.5 Å². The molecule has 3 atom stereocenters. The predicted octanol–water partition coefficient (Wildman–Crippen LogP) is 5.03. The number of nitrogens with one attached hydrogen (secondary N) is 1. The molecule has 1 N–H and O–H groups in total. The van der Waals surface area contributed by atoms with Crippen molar-refractivity contribution in [2.45, 2.75) is 31.0 Å². The molecule has 5 rings (SSSR count). The summed E-state index contributed by atoms with van der Waals surface area (Å²) in [6, 6.07) is 12.9. The number of fused-ring (bicyclic) bond motifs is 1. The molecule has 1 fully saturated rings. The zero-order valence-electron chi connectivity index (χ0n) is 19.7. The van der Waals surface area contributed by atoms with Gasteiger partial charge in [0.1, 0.15) is 12.0 Å². The van der Waals surface area contributed by atoms with E-state index in [1.54, 1.807) is 16.9 Å². The van der Waals surface area contributed by atoms with Crippen molar-refractivity contribution in [2.24, 2.45) is 7.05 Å². The van der Waals surface area contributed by atoms with Gasteiger partial charge in [-0.1, -0.05) is 24.3 Å². The molecule has 4 aromatic rings. The van der Waals surface area contributed by atoms with Gasteiger partial charge in [-0.05, 0) is 53.1 Å². The number of halogens is 2. The van der Waals surface area contributed by atoms with Crippen molar-refractivity contribution in [1.82, 2.24) is 14.8 Å². The molecule has 0 radical (unpaired) electrons. The summed E-state index contributed by atoms with van der Waals surface area (Å²) in [5.74, 6) is 0.385. The normalized spacial score (nSPS) is 19.0. The fourth-order valence-corrected chi connectivity index (χ4v) is 4.64. The molecule has 6 nitrogen and oxygen atoms in total. The molecular formula is C27H28F2N4O2. The molecule has 0 unspecified atom stereocenters. The number of pyridine rings is 1. The van der Waals surface area contributed by atoms with Crippen LogP contribution < -0.4 is 10.1 Å². The number of rotatable bonds is 7. The Kier molecular flexibility index (Phi) is 6.63. The van der Waals surface area contributed by atoms with Crippen LogP contribution in [0, 0.1) is 5.82 Å². The Balaban J connectivity index is 1.44. The van der Waals surface area contributed by atoms with E-state index in [1.807, 2.05) is 37.6 Å². The molecule has 0 saturated carbocycles. The number of nitrogens with zero attached hydrogens (tertiary/aromatic N) is 3. The zero-order valence-corrected chi connectivity index (χ0v) is 19.7. The third-order valence-corrected chi connectivity index (χ3v) is 6.55. The lowest BCUT2D eigenvalue weighted by molar-refractivity contribution is 0.0285. The van der Waals surface area contributed by atoms with Gasteiger partial charge in [-0.15, -0.1) is 0 Å². The average Bonchev–Trinajstić information content (AvgIpc) is 3.29. The zero-order chi connectivity index (χ0) is 24.4. The van der Waals surface area contributed by atoms with Gasteiger partial charge in [0.15, 0.2) is 11.6 Å². The van der Waals surface area contributed by atoms with Crippen LogP contribution in [0.5, 0.6) is 5.75 Å². The van der Waals surface area contributed by atoms with Crippen LogP contribution in [0.2, 0.25) is 0 Å². The van der Waals surface area contributed by atoms with Gasteiger partial charge in [-0.3, -0.25) is 4.68 Å². The van der Waals surface area contributed by atoms with Crippen molar-refractivity contribution >= 4 is 16.6 Å². The summed E-state index contributed by atoms with van der Waals surface area (Å²) in [4.78, 5) is 4.47. The third-order valence-electron chi connectivity index (χ3n) is 6.55. The van der Waals surface area contributed by atoms with Gasteiger partial charge in [-0.2, -0.15) is 5.10 Å². The molecule has 8 heteroatoms.